The number of benzene rings is 1. The fourth-order valence-electron chi connectivity index (χ4n) is 1.80. The molecule has 1 aromatic rings. The Morgan fingerprint density at radius 2 is 1.93 bits per heavy atom. The first-order valence-electron chi connectivity index (χ1n) is 4.51. The molecule has 1 aliphatic rings. The summed E-state index contributed by atoms with van der Waals surface area (Å²) in [6.45, 7) is 0. The second kappa shape index (κ2) is 3.25. The first-order valence-corrected chi connectivity index (χ1v) is 4.51. The van der Waals surface area contributed by atoms with E-state index in [0.29, 0.717) is 6.42 Å². The number of carboxylic acid groups (broad SMARTS) is 1. The molecule has 1 N–H and O–H groups in total. The van der Waals surface area contributed by atoms with Gasteiger partial charge in [0.25, 0.3) is 0 Å². The number of carboxylic acids is 1. The molecule has 1 aromatic carbocycles. The number of carbonyl (C=O) groups is 2. The molecule has 0 aliphatic heterocycles. The van der Waals surface area contributed by atoms with Crippen molar-refractivity contribution in [2.45, 2.75) is 12.8 Å². The highest BCUT2D eigenvalue weighted by Gasteiger charge is 2.31. The summed E-state index contributed by atoms with van der Waals surface area (Å²) in [5.41, 5.74) is 1.95. The van der Waals surface area contributed by atoms with Gasteiger partial charge in [-0.1, -0.05) is 24.3 Å². The van der Waals surface area contributed by atoms with Gasteiger partial charge >= 0.3 is 5.97 Å². The van der Waals surface area contributed by atoms with Crippen LogP contribution in [0.15, 0.2) is 24.3 Å². The van der Waals surface area contributed by atoms with Gasteiger partial charge in [0.15, 0.2) is 5.78 Å². The summed E-state index contributed by atoms with van der Waals surface area (Å²) in [6, 6.07) is 7.50. The minimum atomic E-state index is -1.01. The summed E-state index contributed by atoms with van der Waals surface area (Å²) >= 11 is 0. The van der Waals surface area contributed by atoms with E-state index in [-0.39, 0.29) is 12.2 Å². The van der Waals surface area contributed by atoms with E-state index in [1.807, 2.05) is 24.3 Å². The van der Waals surface area contributed by atoms with Crippen molar-refractivity contribution in [2.24, 2.45) is 5.92 Å². The quantitative estimate of drug-likeness (QED) is 0.673. The molecule has 0 heterocycles. The maximum atomic E-state index is 11.4. The largest absolute Gasteiger partial charge is 0.481 e. The lowest BCUT2D eigenvalue weighted by Gasteiger charge is -2.19. The van der Waals surface area contributed by atoms with Crippen LogP contribution in [0.2, 0.25) is 0 Å². The Morgan fingerprint density at radius 1 is 1.29 bits per heavy atom. The highest BCUT2D eigenvalue weighted by atomic mass is 16.4. The molecule has 0 bridgehead atoms. The van der Waals surface area contributed by atoms with Gasteiger partial charge in [0.1, 0.15) is 5.92 Å². The minimum Gasteiger partial charge on any atom is -0.481 e. The Hall–Kier alpha value is -1.64. The van der Waals surface area contributed by atoms with E-state index in [0.717, 1.165) is 11.1 Å². The molecule has 0 radical (unpaired) electrons. The van der Waals surface area contributed by atoms with Gasteiger partial charge in [-0.05, 0) is 17.5 Å². The van der Waals surface area contributed by atoms with E-state index in [9.17, 15) is 9.59 Å². The van der Waals surface area contributed by atoms with Crippen LogP contribution in [-0.4, -0.2) is 16.9 Å². The third-order valence-electron chi connectivity index (χ3n) is 2.59. The van der Waals surface area contributed by atoms with Crippen LogP contribution < -0.4 is 0 Å². The van der Waals surface area contributed by atoms with E-state index in [2.05, 4.69) is 0 Å². The molecule has 14 heavy (non-hydrogen) atoms. The molecule has 72 valence electrons. The number of carbonyl (C=O) groups excluding carboxylic acids is 1. The molecule has 0 saturated heterocycles. The zero-order valence-electron chi connectivity index (χ0n) is 7.56. The Labute approximate surface area is 81.4 Å². The fourth-order valence-corrected chi connectivity index (χ4v) is 1.80. The molecule has 1 atom stereocenters. The summed E-state index contributed by atoms with van der Waals surface area (Å²) in [5, 5.41) is 8.81. The maximum Gasteiger partial charge on any atom is 0.314 e. The Balaban J connectivity index is 2.36. The van der Waals surface area contributed by atoms with Crippen LogP contribution in [0.1, 0.15) is 11.1 Å². The van der Waals surface area contributed by atoms with Gasteiger partial charge in [0.2, 0.25) is 0 Å². The number of fused-ring (bicyclic) bond motifs is 1. The molecule has 0 amide bonds. The van der Waals surface area contributed by atoms with E-state index in [4.69, 9.17) is 5.11 Å². The zero-order valence-corrected chi connectivity index (χ0v) is 7.56. The van der Waals surface area contributed by atoms with Crippen molar-refractivity contribution in [3.05, 3.63) is 35.4 Å². The van der Waals surface area contributed by atoms with Crippen LogP contribution in [0.4, 0.5) is 0 Å². The van der Waals surface area contributed by atoms with Crippen LogP contribution in [0.3, 0.4) is 0 Å². The van der Waals surface area contributed by atoms with Crippen molar-refractivity contribution in [1.82, 2.24) is 0 Å². The van der Waals surface area contributed by atoms with Crippen molar-refractivity contribution in [3.63, 3.8) is 0 Å². The first kappa shape index (κ1) is 8.94. The van der Waals surface area contributed by atoms with Crippen LogP contribution in [0.25, 0.3) is 0 Å². The Bertz CT molecular complexity index is 395. The van der Waals surface area contributed by atoms with Gasteiger partial charge in [0, 0.05) is 6.42 Å². The molecule has 0 saturated carbocycles. The van der Waals surface area contributed by atoms with Crippen molar-refractivity contribution in [1.29, 1.82) is 0 Å². The normalized spacial score (nSPS) is 20.3. The SMILES string of the molecule is O=C(O)C1Cc2ccccc2CC1=O. The van der Waals surface area contributed by atoms with Crippen LogP contribution in [0.5, 0.6) is 0 Å². The monoisotopic (exact) mass is 190 g/mol. The molecule has 1 unspecified atom stereocenters. The number of hydrogen-bond acceptors (Lipinski definition) is 2. The van der Waals surface area contributed by atoms with Crippen LogP contribution in [-0.2, 0) is 22.4 Å². The van der Waals surface area contributed by atoms with Gasteiger partial charge in [0.05, 0.1) is 0 Å². The molecule has 2 rings (SSSR count). The molecule has 0 fully saturated rings. The Kier molecular flexibility index (Phi) is 2.08. The van der Waals surface area contributed by atoms with Gasteiger partial charge in [-0.25, -0.2) is 0 Å². The number of ketones is 1. The third kappa shape index (κ3) is 1.41. The maximum absolute atomic E-state index is 11.4. The number of hydrogen-bond donors (Lipinski definition) is 1. The summed E-state index contributed by atoms with van der Waals surface area (Å²) in [5.74, 6) is -2.04. The lowest BCUT2D eigenvalue weighted by atomic mass is 9.83. The number of Topliss-reactive ketones (excluding diaryl/α,β-unsaturated/α-hetero) is 1. The molecule has 3 heteroatoms. The highest BCUT2D eigenvalue weighted by molar-refractivity contribution is 6.00. The molecule has 3 nitrogen and oxygen atoms in total. The van der Waals surface area contributed by atoms with E-state index in [1.165, 1.54) is 0 Å². The van der Waals surface area contributed by atoms with Crippen LogP contribution >= 0.6 is 0 Å². The molecule has 0 aromatic heterocycles. The summed E-state index contributed by atoms with van der Waals surface area (Å²) in [6.07, 6.45) is 0.595. The first-order chi connectivity index (χ1) is 6.68. The van der Waals surface area contributed by atoms with Crippen molar-refractivity contribution in [2.75, 3.05) is 0 Å². The van der Waals surface area contributed by atoms with Crippen molar-refractivity contribution in [3.8, 4) is 0 Å². The predicted molar refractivity (Wildman–Crippen MR) is 50.0 cm³/mol. The molecular formula is C11H10O3. The summed E-state index contributed by atoms with van der Waals surface area (Å²) in [7, 11) is 0. The fraction of sp³-hybridized carbons (Fsp3) is 0.273. The van der Waals surface area contributed by atoms with E-state index < -0.39 is 11.9 Å². The standard InChI is InChI=1S/C11H10O3/c12-10-6-8-4-2-1-3-7(8)5-9(10)11(13)14/h1-4,9H,5-6H2,(H,13,14). The number of aliphatic carboxylic acids is 1. The summed E-state index contributed by atoms with van der Waals surface area (Å²) < 4.78 is 0. The molecular weight excluding hydrogens is 180 g/mol. The lowest BCUT2D eigenvalue weighted by Crippen LogP contribution is -2.31. The van der Waals surface area contributed by atoms with Crippen molar-refractivity contribution < 1.29 is 14.7 Å². The second-order valence-corrected chi connectivity index (χ2v) is 3.51. The third-order valence-corrected chi connectivity index (χ3v) is 2.59. The van der Waals surface area contributed by atoms with Crippen molar-refractivity contribution >= 4 is 11.8 Å². The average molecular weight is 190 g/mol. The van der Waals surface area contributed by atoms with Gasteiger partial charge in [-0.3, -0.25) is 9.59 Å². The van der Waals surface area contributed by atoms with E-state index >= 15 is 0 Å². The predicted octanol–water partition coefficient (Wildman–Crippen LogP) is 1.06. The highest BCUT2D eigenvalue weighted by Crippen LogP contribution is 2.22. The average Bonchev–Trinajstić information content (AvgIpc) is 2.16. The lowest BCUT2D eigenvalue weighted by molar-refractivity contribution is -0.146. The smallest absolute Gasteiger partial charge is 0.314 e. The molecule has 0 spiro atoms. The second-order valence-electron chi connectivity index (χ2n) is 3.51. The van der Waals surface area contributed by atoms with Crippen LogP contribution in [0, 0.1) is 5.92 Å². The number of rotatable bonds is 1. The van der Waals surface area contributed by atoms with E-state index in [1.54, 1.807) is 0 Å². The summed E-state index contributed by atoms with van der Waals surface area (Å²) in [4.78, 5) is 22.2. The zero-order chi connectivity index (χ0) is 10.1. The van der Waals surface area contributed by atoms with Gasteiger partial charge < -0.3 is 5.11 Å². The molecule has 1 aliphatic carbocycles. The Morgan fingerprint density at radius 3 is 2.57 bits per heavy atom. The van der Waals surface area contributed by atoms with Gasteiger partial charge in [-0.2, -0.15) is 0 Å². The minimum absolute atomic E-state index is 0.184. The topological polar surface area (TPSA) is 54.4 Å². The van der Waals surface area contributed by atoms with Gasteiger partial charge in [-0.15, -0.1) is 0 Å².